The van der Waals surface area contributed by atoms with Crippen molar-refractivity contribution < 1.29 is 4.84 Å². The van der Waals surface area contributed by atoms with E-state index in [0.717, 1.165) is 23.7 Å². The van der Waals surface area contributed by atoms with E-state index in [1.165, 1.54) is 11.3 Å². The molecule has 4 aliphatic carbocycles. The van der Waals surface area contributed by atoms with Crippen molar-refractivity contribution in [2.45, 2.75) is 6.10 Å². The Morgan fingerprint density at radius 3 is 2.53 bits per heavy atom. The first-order valence-corrected chi connectivity index (χ1v) is 5.76. The Morgan fingerprint density at radius 2 is 1.73 bits per heavy atom. The molecule has 4 saturated carbocycles. The molecule has 0 spiro atoms. The van der Waals surface area contributed by atoms with Gasteiger partial charge in [0.2, 0.25) is 0 Å². The van der Waals surface area contributed by atoms with Crippen molar-refractivity contribution in [3.05, 3.63) is 35.9 Å². The van der Waals surface area contributed by atoms with Gasteiger partial charge in [0.15, 0.2) is 0 Å². The third-order valence-corrected chi connectivity index (χ3v) is 4.75. The molecule has 0 N–H and O–H groups in total. The van der Waals surface area contributed by atoms with E-state index in [9.17, 15) is 0 Å². The third kappa shape index (κ3) is 0.638. The molecule has 0 saturated heterocycles. The number of hydrogen-bond acceptors (Lipinski definition) is 2. The van der Waals surface area contributed by atoms with E-state index in [4.69, 9.17) is 4.84 Å². The zero-order chi connectivity index (χ0) is 9.57. The van der Waals surface area contributed by atoms with Crippen LogP contribution >= 0.6 is 0 Å². The van der Waals surface area contributed by atoms with Gasteiger partial charge in [0, 0.05) is 11.8 Å². The first-order chi connectivity index (χ1) is 7.47. The Labute approximate surface area is 87.9 Å². The van der Waals surface area contributed by atoms with Crippen molar-refractivity contribution >= 4 is 5.71 Å². The Bertz CT molecular complexity index is 471. The van der Waals surface area contributed by atoms with Gasteiger partial charge in [0.05, 0.1) is 5.71 Å². The molecule has 1 aromatic carbocycles. The van der Waals surface area contributed by atoms with Gasteiger partial charge in [0.1, 0.15) is 6.10 Å². The highest BCUT2D eigenvalue weighted by atomic mass is 16.6. The van der Waals surface area contributed by atoms with E-state index >= 15 is 0 Å². The lowest BCUT2D eigenvalue weighted by molar-refractivity contribution is 0.0652. The predicted molar refractivity (Wildman–Crippen MR) is 55.3 cm³/mol. The van der Waals surface area contributed by atoms with Crippen molar-refractivity contribution in [2.24, 2.45) is 34.7 Å². The molecule has 0 radical (unpaired) electrons. The number of rotatable bonds is 1. The molecule has 2 bridgehead atoms. The molecular formula is C13H11NO. The normalized spacial score (nSPS) is 51.6. The molecule has 4 fully saturated rings. The number of hydrogen-bond donors (Lipinski definition) is 0. The molecule has 5 aliphatic rings. The number of oxime groups is 1. The van der Waals surface area contributed by atoms with Crippen molar-refractivity contribution in [1.29, 1.82) is 0 Å². The van der Waals surface area contributed by atoms with Gasteiger partial charge in [0.25, 0.3) is 0 Å². The average molecular weight is 197 g/mol. The van der Waals surface area contributed by atoms with E-state index in [2.05, 4.69) is 35.5 Å². The minimum Gasteiger partial charge on any atom is -0.391 e. The van der Waals surface area contributed by atoms with Crippen LogP contribution in [0.3, 0.4) is 0 Å². The summed E-state index contributed by atoms with van der Waals surface area (Å²) in [4.78, 5) is 5.61. The summed E-state index contributed by atoms with van der Waals surface area (Å²) in [6.45, 7) is 0. The van der Waals surface area contributed by atoms with Gasteiger partial charge in [-0.25, -0.2) is 0 Å². The Kier molecular flexibility index (Phi) is 0.924. The fourth-order valence-electron chi connectivity index (χ4n) is 4.02. The van der Waals surface area contributed by atoms with Gasteiger partial charge in [-0.2, -0.15) is 0 Å². The van der Waals surface area contributed by atoms with Crippen LogP contribution in [0.2, 0.25) is 0 Å². The molecule has 4 atom stereocenters. The first-order valence-electron chi connectivity index (χ1n) is 5.76. The summed E-state index contributed by atoms with van der Waals surface area (Å²) >= 11 is 0. The molecule has 0 amide bonds. The molecule has 0 aromatic heterocycles. The fraction of sp³-hybridized carbons (Fsp3) is 0.462. The zero-order valence-corrected chi connectivity index (χ0v) is 8.21. The van der Waals surface area contributed by atoms with Gasteiger partial charge < -0.3 is 4.84 Å². The molecule has 1 aromatic rings. The smallest absolute Gasteiger partial charge is 0.139 e. The summed E-state index contributed by atoms with van der Waals surface area (Å²) in [6.07, 6.45) is 0.445. The van der Waals surface area contributed by atoms with Crippen LogP contribution in [0.4, 0.5) is 0 Å². The van der Waals surface area contributed by atoms with E-state index in [1.807, 2.05) is 0 Å². The second-order valence-corrected chi connectivity index (χ2v) is 5.25. The van der Waals surface area contributed by atoms with Gasteiger partial charge in [-0.3, -0.25) is 0 Å². The average Bonchev–Trinajstić information content (AvgIpc) is 3.01. The summed E-state index contributed by atoms with van der Waals surface area (Å²) in [6, 6.07) is 10.5. The summed E-state index contributed by atoms with van der Waals surface area (Å²) in [5.74, 6) is 4.49. The highest BCUT2D eigenvalue weighted by molar-refractivity contribution is 6.04. The molecule has 74 valence electrons. The van der Waals surface area contributed by atoms with Crippen molar-refractivity contribution in [3.8, 4) is 0 Å². The summed E-state index contributed by atoms with van der Waals surface area (Å²) < 4.78 is 0. The zero-order valence-electron chi connectivity index (χ0n) is 8.21. The van der Waals surface area contributed by atoms with E-state index in [-0.39, 0.29) is 0 Å². The standard InChI is InChI=1S/C13H11NO/c1-2-4-6(5-3-1)12-11-9-7-8(9)10(7)13(11)15-14-12/h1-5,7-11,13H/t7-,8-,9?,10?,11+,13-/m0/s1. The lowest BCUT2D eigenvalue weighted by Gasteiger charge is -2.08. The lowest BCUT2D eigenvalue weighted by atomic mass is 9.94. The minimum atomic E-state index is 0.445. The molecule has 2 nitrogen and oxygen atoms in total. The van der Waals surface area contributed by atoms with Crippen molar-refractivity contribution in [3.63, 3.8) is 0 Å². The molecular weight excluding hydrogens is 186 g/mol. The SMILES string of the molecule is c1ccc(C2=NO[C@H]3C4[C@@H]5C([C@@H]45)[C@H]23)cc1. The van der Waals surface area contributed by atoms with Gasteiger partial charge in [-0.1, -0.05) is 35.5 Å². The van der Waals surface area contributed by atoms with Gasteiger partial charge in [-0.15, -0.1) is 0 Å². The quantitative estimate of drug-likeness (QED) is 0.674. The number of benzene rings is 1. The fourth-order valence-corrected chi connectivity index (χ4v) is 4.02. The van der Waals surface area contributed by atoms with Crippen LogP contribution in [0.5, 0.6) is 0 Å². The first kappa shape index (κ1) is 7.04. The molecule has 6 rings (SSSR count). The largest absolute Gasteiger partial charge is 0.391 e. The maximum Gasteiger partial charge on any atom is 0.139 e. The second kappa shape index (κ2) is 1.97. The minimum absolute atomic E-state index is 0.445. The maximum atomic E-state index is 5.61. The van der Waals surface area contributed by atoms with Gasteiger partial charge >= 0.3 is 0 Å². The van der Waals surface area contributed by atoms with Gasteiger partial charge in [-0.05, 0) is 23.3 Å². The Morgan fingerprint density at radius 1 is 0.933 bits per heavy atom. The van der Waals surface area contributed by atoms with Crippen LogP contribution < -0.4 is 0 Å². The predicted octanol–water partition coefficient (Wildman–Crippen LogP) is 1.91. The molecule has 1 aliphatic heterocycles. The molecule has 15 heavy (non-hydrogen) atoms. The highest BCUT2D eigenvalue weighted by Crippen LogP contribution is 2.85. The van der Waals surface area contributed by atoms with Crippen molar-refractivity contribution in [1.82, 2.24) is 0 Å². The highest BCUT2D eigenvalue weighted by Gasteiger charge is 2.87. The van der Waals surface area contributed by atoms with Crippen molar-refractivity contribution in [2.75, 3.05) is 0 Å². The summed E-state index contributed by atoms with van der Waals surface area (Å²) in [5.41, 5.74) is 2.48. The van der Waals surface area contributed by atoms with Crippen LogP contribution in [0.1, 0.15) is 5.56 Å². The van der Waals surface area contributed by atoms with Crippen LogP contribution in [0.25, 0.3) is 0 Å². The lowest BCUT2D eigenvalue weighted by Crippen LogP contribution is -2.19. The Hall–Kier alpha value is -1.31. The maximum absolute atomic E-state index is 5.61. The Balaban J connectivity index is 1.60. The summed E-state index contributed by atoms with van der Waals surface area (Å²) in [5, 5.41) is 4.30. The molecule has 0 unspecified atom stereocenters. The van der Waals surface area contributed by atoms with E-state index < -0.39 is 0 Å². The van der Waals surface area contributed by atoms with E-state index in [1.54, 1.807) is 0 Å². The summed E-state index contributed by atoms with van der Waals surface area (Å²) in [7, 11) is 0. The van der Waals surface area contributed by atoms with Crippen LogP contribution in [0.15, 0.2) is 35.5 Å². The molecule has 2 heteroatoms. The third-order valence-electron chi connectivity index (χ3n) is 4.75. The second-order valence-electron chi connectivity index (χ2n) is 5.25. The monoisotopic (exact) mass is 197 g/mol. The molecule has 1 heterocycles. The van der Waals surface area contributed by atoms with E-state index in [0.29, 0.717) is 12.0 Å². The number of nitrogens with zero attached hydrogens (tertiary/aromatic N) is 1. The van der Waals surface area contributed by atoms with Crippen LogP contribution in [-0.4, -0.2) is 11.8 Å². The topological polar surface area (TPSA) is 21.6 Å². The van der Waals surface area contributed by atoms with Crippen LogP contribution in [0, 0.1) is 29.6 Å². The van der Waals surface area contributed by atoms with Crippen LogP contribution in [-0.2, 0) is 4.84 Å².